The number of sulfonamides is 1. The second kappa shape index (κ2) is 3.52. The van der Waals surface area contributed by atoms with Crippen LogP contribution in [0.4, 0.5) is 0 Å². The average molecular weight is 249 g/mol. The lowest BCUT2D eigenvalue weighted by atomic mass is 10.1. The highest BCUT2D eigenvalue weighted by Gasteiger charge is 2.22. The summed E-state index contributed by atoms with van der Waals surface area (Å²) in [6.07, 6.45) is 2.08. The van der Waals surface area contributed by atoms with E-state index in [0.29, 0.717) is 9.46 Å². The molecule has 2 N–H and O–H groups in total. The Kier molecular flexibility index (Phi) is 2.63. The summed E-state index contributed by atoms with van der Waals surface area (Å²) in [5.41, 5.74) is 1.14. The van der Waals surface area contributed by atoms with Crippen LogP contribution in [0.3, 0.4) is 0 Å². The van der Waals surface area contributed by atoms with Gasteiger partial charge in [-0.1, -0.05) is 6.92 Å². The summed E-state index contributed by atoms with van der Waals surface area (Å²) in [6, 6.07) is 1.72. The second-order valence-electron chi connectivity index (χ2n) is 3.39. The number of primary sulfonamides is 1. The van der Waals surface area contributed by atoms with Gasteiger partial charge in [-0.2, -0.15) is 0 Å². The Labute approximate surface area is 91.7 Å². The van der Waals surface area contributed by atoms with Gasteiger partial charge in [0.15, 0.2) is 0 Å². The topological polar surface area (TPSA) is 60.2 Å². The monoisotopic (exact) mass is 249 g/mol. The molecule has 6 heteroatoms. The molecule has 3 nitrogen and oxygen atoms in total. The Balaban J connectivity index is 2.42. The fraction of sp³-hybridized carbons (Fsp3) is 0.500. The number of fused-ring (bicyclic) bond motifs is 1. The maximum atomic E-state index is 11.1. The van der Waals surface area contributed by atoms with Crippen molar-refractivity contribution >= 4 is 33.1 Å². The SMILES string of the molecule is C[C@H]1CCc2cc(S(N)(=O)=O)sc2S1. The summed E-state index contributed by atoms with van der Waals surface area (Å²) in [5, 5.41) is 5.66. The molecule has 1 atom stereocenters. The maximum absolute atomic E-state index is 11.1. The molecule has 0 unspecified atom stereocenters. The number of aryl methyl sites for hydroxylation is 1. The van der Waals surface area contributed by atoms with E-state index in [1.807, 2.05) is 0 Å². The molecule has 0 saturated carbocycles. The van der Waals surface area contributed by atoms with Gasteiger partial charge >= 0.3 is 0 Å². The number of rotatable bonds is 1. The Hall–Kier alpha value is -0.0400. The zero-order chi connectivity index (χ0) is 10.3. The van der Waals surface area contributed by atoms with E-state index in [1.165, 1.54) is 11.3 Å². The van der Waals surface area contributed by atoms with Crippen molar-refractivity contribution in [3.63, 3.8) is 0 Å². The minimum Gasteiger partial charge on any atom is -0.224 e. The summed E-state index contributed by atoms with van der Waals surface area (Å²) in [6.45, 7) is 2.16. The van der Waals surface area contributed by atoms with Crippen LogP contribution in [0.25, 0.3) is 0 Å². The molecular weight excluding hydrogens is 238 g/mol. The zero-order valence-corrected chi connectivity index (χ0v) is 10.1. The van der Waals surface area contributed by atoms with Crippen LogP contribution < -0.4 is 5.14 Å². The lowest BCUT2D eigenvalue weighted by Gasteiger charge is -2.16. The molecule has 0 aromatic carbocycles. The van der Waals surface area contributed by atoms with Crippen LogP contribution in [-0.4, -0.2) is 13.7 Å². The largest absolute Gasteiger partial charge is 0.247 e. The first-order valence-electron chi connectivity index (χ1n) is 4.29. The van der Waals surface area contributed by atoms with Crippen LogP contribution in [0.1, 0.15) is 18.9 Å². The molecule has 0 fully saturated rings. The summed E-state index contributed by atoms with van der Waals surface area (Å²) in [7, 11) is -3.51. The third kappa shape index (κ3) is 1.98. The number of thioether (sulfide) groups is 1. The zero-order valence-electron chi connectivity index (χ0n) is 7.69. The molecule has 1 aliphatic heterocycles. The number of nitrogens with two attached hydrogens (primary N) is 1. The molecule has 2 rings (SSSR count). The van der Waals surface area contributed by atoms with Crippen LogP contribution in [0.15, 0.2) is 14.5 Å². The molecular formula is C8H11NO2S3. The quantitative estimate of drug-likeness (QED) is 0.826. The molecule has 14 heavy (non-hydrogen) atoms. The molecule has 0 radical (unpaired) electrons. The summed E-state index contributed by atoms with van der Waals surface area (Å²) in [4.78, 5) is 0. The van der Waals surface area contributed by atoms with E-state index in [2.05, 4.69) is 6.92 Å². The molecule has 0 aliphatic carbocycles. The van der Waals surface area contributed by atoms with Gasteiger partial charge in [-0.15, -0.1) is 23.1 Å². The van der Waals surface area contributed by atoms with Crippen molar-refractivity contribution in [3.05, 3.63) is 11.6 Å². The Morgan fingerprint density at radius 1 is 1.57 bits per heavy atom. The van der Waals surface area contributed by atoms with Gasteiger partial charge in [0.25, 0.3) is 0 Å². The minimum atomic E-state index is -3.51. The highest BCUT2D eigenvalue weighted by Crippen LogP contribution is 2.41. The Bertz CT molecular complexity index is 449. The molecule has 0 amide bonds. The average Bonchev–Trinajstić information content (AvgIpc) is 2.45. The first-order valence-corrected chi connectivity index (χ1v) is 7.53. The van der Waals surface area contributed by atoms with E-state index < -0.39 is 10.0 Å². The third-order valence-corrected chi connectivity index (χ3v) is 6.20. The van der Waals surface area contributed by atoms with Gasteiger partial charge in [-0.3, -0.25) is 0 Å². The van der Waals surface area contributed by atoms with Gasteiger partial charge in [0.1, 0.15) is 4.21 Å². The Morgan fingerprint density at radius 2 is 2.29 bits per heavy atom. The smallest absolute Gasteiger partial charge is 0.224 e. The summed E-state index contributed by atoms with van der Waals surface area (Å²) < 4.78 is 23.6. The highest BCUT2D eigenvalue weighted by atomic mass is 32.3. The van der Waals surface area contributed by atoms with E-state index in [-0.39, 0.29) is 0 Å². The lowest BCUT2D eigenvalue weighted by Crippen LogP contribution is -2.10. The van der Waals surface area contributed by atoms with E-state index in [4.69, 9.17) is 5.14 Å². The number of hydrogen-bond donors (Lipinski definition) is 1. The minimum absolute atomic E-state index is 0.295. The van der Waals surface area contributed by atoms with Crippen molar-refractivity contribution in [1.82, 2.24) is 0 Å². The summed E-state index contributed by atoms with van der Waals surface area (Å²) >= 11 is 3.04. The number of hydrogen-bond acceptors (Lipinski definition) is 4. The molecule has 0 spiro atoms. The van der Waals surface area contributed by atoms with Crippen LogP contribution in [-0.2, 0) is 16.4 Å². The van der Waals surface area contributed by atoms with Crippen LogP contribution >= 0.6 is 23.1 Å². The van der Waals surface area contributed by atoms with Gasteiger partial charge < -0.3 is 0 Å². The van der Waals surface area contributed by atoms with Crippen molar-refractivity contribution in [2.45, 2.75) is 33.4 Å². The predicted molar refractivity (Wildman–Crippen MR) is 59.3 cm³/mol. The number of thiophene rings is 1. The van der Waals surface area contributed by atoms with Crippen molar-refractivity contribution < 1.29 is 8.42 Å². The van der Waals surface area contributed by atoms with E-state index in [0.717, 1.165) is 22.6 Å². The molecule has 1 aromatic rings. The van der Waals surface area contributed by atoms with Gasteiger partial charge in [-0.25, -0.2) is 13.6 Å². The third-order valence-electron chi connectivity index (χ3n) is 2.16. The van der Waals surface area contributed by atoms with Gasteiger partial charge in [0, 0.05) is 5.25 Å². The Morgan fingerprint density at radius 3 is 2.93 bits per heavy atom. The molecule has 0 bridgehead atoms. The summed E-state index contributed by atoms with van der Waals surface area (Å²) in [5.74, 6) is 0. The molecule has 1 aromatic heterocycles. The lowest BCUT2D eigenvalue weighted by molar-refractivity contribution is 0.599. The van der Waals surface area contributed by atoms with Crippen molar-refractivity contribution in [2.24, 2.45) is 5.14 Å². The normalized spacial score (nSPS) is 22.0. The first-order chi connectivity index (χ1) is 6.47. The van der Waals surface area contributed by atoms with Gasteiger partial charge in [0.2, 0.25) is 10.0 Å². The van der Waals surface area contributed by atoms with Crippen molar-refractivity contribution in [3.8, 4) is 0 Å². The van der Waals surface area contributed by atoms with Gasteiger partial charge in [-0.05, 0) is 24.5 Å². The predicted octanol–water partition coefficient (Wildman–Crippen LogP) is 1.82. The van der Waals surface area contributed by atoms with E-state index in [1.54, 1.807) is 17.8 Å². The molecule has 1 aliphatic rings. The standard InChI is InChI=1S/C8H11NO2S3/c1-5-2-3-6-4-7(14(9,10)11)13-8(6)12-5/h4-5H,2-3H2,1H3,(H2,9,10,11)/t5-/m0/s1. The molecule has 0 saturated heterocycles. The van der Waals surface area contributed by atoms with Crippen LogP contribution in [0, 0.1) is 0 Å². The van der Waals surface area contributed by atoms with Crippen LogP contribution in [0.2, 0.25) is 0 Å². The first kappa shape index (κ1) is 10.5. The van der Waals surface area contributed by atoms with E-state index >= 15 is 0 Å². The van der Waals surface area contributed by atoms with E-state index in [9.17, 15) is 8.42 Å². The fourth-order valence-corrected chi connectivity index (χ4v) is 5.13. The molecule has 2 heterocycles. The van der Waals surface area contributed by atoms with Gasteiger partial charge in [0.05, 0.1) is 4.21 Å². The van der Waals surface area contributed by atoms with Crippen LogP contribution in [0.5, 0.6) is 0 Å². The second-order valence-corrected chi connectivity index (χ2v) is 7.94. The van der Waals surface area contributed by atoms with Crippen molar-refractivity contribution in [2.75, 3.05) is 0 Å². The maximum Gasteiger partial charge on any atom is 0.247 e. The molecule has 78 valence electrons. The fourth-order valence-electron chi connectivity index (χ4n) is 1.40. The highest BCUT2D eigenvalue weighted by molar-refractivity contribution is 8.02. The van der Waals surface area contributed by atoms with Crippen molar-refractivity contribution in [1.29, 1.82) is 0 Å².